The van der Waals surface area contributed by atoms with Crippen molar-refractivity contribution in [3.8, 4) is 0 Å². The maximum Gasteiger partial charge on any atom is 0.416 e. The first kappa shape index (κ1) is 33.2. The number of aryl methyl sites for hydroxylation is 2. The number of aromatic nitrogens is 3. The first-order valence-electron chi connectivity index (χ1n) is 16.6. The lowest BCUT2D eigenvalue weighted by atomic mass is 9.87. The first-order chi connectivity index (χ1) is 23.4. The Labute approximate surface area is 280 Å². The number of fused-ring (bicyclic) bond motifs is 2. The summed E-state index contributed by atoms with van der Waals surface area (Å²) in [7, 11) is 2.07. The molecular weight excluding hydrogens is 644 g/mol. The molecule has 2 saturated heterocycles. The van der Waals surface area contributed by atoms with Gasteiger partial charge < -0.3 is 14.0 Å². The van der Waals surface area contributed by atoms with Crippen LogP contribution < -0.4 is 0 Å². The van der Waals surface area contributed by atoms with Crippen LogP contribution in [0.1, 0.15) is 69.8 Å². The topological polar surface area (TPSA) is 46.3 Å². The molecule has 0 aliphatic carbocycles. The number of carbonyl (C=O) groups is 1. The van der Waals surface area contributed by atoms with Crippen LogP contribution in [0, 0.1) is 0 Å². The third kappa shape index (κ3) is 6.67. The van der Waals surface area contributed by atoms with Crippen molar-refractivity contribution in [3.63, 3.8) is 0 Å². The fourth-order valence-corrected chi connectivity index (χ4v) is 7.88. The van der Waals surface area contributed by atoms with Crippen molar-refractivity contribution in [1.29, 1.82) is 0 Å². The number of alkyl halides is 6. The fourth-order valence-electron chi connectivity index (χ4n) is 7.88. The van der Waals surface area contributed by atoms with E-state index in [4.69, 9.17) is 4.98 Å². The molecule has 49 heavy (non-hydrogen) atoms. The maximum atomic E-state index is 13.8. The zero-order valence-corrected chi connectivity index (χ0v) is 27.1. The fraction of sp³-hybridized carbons (Fsp3) is 0.405. The average molecular weight is 682 g/mol. The summed E-state index contributed by atoms with van der Waals surface area (Å²) >= 11 is 0. The molecule has 3 aliphatic heterocycles. The highest BCUT2D eigenvalue weighted by molar-refractivity contribution is 5.95. The van der Waals surface area contributed by atoms with Gasteiger partial charge >= 0.3 is 12.4 Å². The van der Waals surface area contributed by atoms with Crippen molar-refractivity contribution in [2.24, 2.45) is 7.05 Å². The molecule has 2 aromatic carbocycles. The zero-order valence-electron chi connectivity index (χ0n) is 27.1. The third-order valence-electron chi connectivity index (χ3n) is 10.4. The van der Waals surface area contributed by atoms with Crippen LogP contribution in [-0.4, -0.2) is 61.5 Å². The molecule has 3 aliphatic rings. The van der Waals surface area contributed by atoms with Gasteiger partial charge in [-0.3, -0.25) is 9.69 Å². The number of hydrogen-bond acceptors (Lipinski definition) is 3. The Hall–Kier alpha value is -4.32. The standard InChI is InChI=1S/C37H37F6N5O/c1-45-13-10-31-32(45)11-16-47-18-12-44-34(47)33(31)25-7-14-46(15-8-25)29-9-17-48(30(23-29)19-24-5-3-2-4-6-24)35(49)26-20-27(36(38,39)40)22-28(21-26)37(41,42)43/h2-6,10,12-13,18,20-22,29-30H,7-9,11,14-17,19,23H2,1H3. The third-order valence-corrected chi connectivity index (χ3v) is 10.4. The molecule has 2 aromatic heterocycles. The van der Waals surface area contributed by atoms with Crippen LogP contribution in [0.5, 0.6) is 0 Å². The molecule has 6 nitrogen and oxygen atoms in total. The second-order valence-electron chi connectivity index (χ2n) is 13.3. The van der Waals surface area contributed by atoms with E-state index < -0.39 is 41.0 Å². The van der Waals surface area contributed by atoms with Gasteiger partial charge in [-0.15, -0.1) is 0 Å². The minimum atomic E-state index is -5.03. The predicted molar refractivity (Wildman–Crippen MR) is 173 cm³/mol. The highest BCUT2D eigenvalue weighted by Crippen LogP contribution is 2.39. The Bertz CT molecular complexity index is 1830. The number of nitrogens with zero attached hydrogens (tertiary/aromatic N) is 5. The van der Waals surface area contributed by atoms with Crippen LogP contribution in [0.4, 0.5) is 26.3 Å². The van der Waals surface area contributed by atoms with Crippen molar-refractivity contribution in [2.45, 2.75) is 69.5 Å². The smallest absolute Gasteiger partial charge is 0.354 e. The molecule has 5 heterocycles. The van der Waals surface area contributed by atoms with Crippen molar-refractivity contribution < 1.29 is 31.1 Å². The molecular formula is C37H37F6N5O. The molecule has 0 radical (unpaired) electrons. The number of halogens is 6. The lowest BCUT2D eigenvalue weighted by molar-refractivity contribution is -0.143. The molecule has 2 atom stereocenters. The largest absolute Gasteiger partial charge is 0.416 e. The van der Waals surface area contributed by atoms with Gasteiger partial charge in [0.2, 0.25) is 0 Å². The highest BCUT2D eigenvalue weighted by atomic mass is 19.4. The molecule has 0 saturated carbocycles. The number of amides is 1. The molecule has 0 N–H and O–H groups in total. The summed E-state index contributed by atoms with van der Waals surface area (Å²) < 4.78 is 86.3. The quantitative estimate of drug-likeness (QED) is 0.208. The Balaban J connectivity index is 1.14. The molecule has 4 aromatic rings. The van der Waals surface area contributed by atoms with Gasteiger partial charge in [0, 0.05) is 92.7 Å². The number of hydrogen-bond donors (Lipinski definition) is 0. The van der Waals surface area contributed by atoms with E-state index >= 15 is 0 Å². The predicted octanol–water partition coefficient (Wildman–Crippen LogP) is 7.63. The van der Waals surface area contributed by atoms with Gasteiger partial charge in [-0.05, 0) is 61.9 Å². The SMILES string of the molecule is Cn1ccc2c1CCn1ccnc1C2=C1CCN(C2CCN(C(=O)c3cc(C(F)(F)F)cc(C(F)(F)F)c3)C(Cc3ccccc3)C2)CC1. The lowest BCUT2D eigenvalue weighted by Crippen LogP contribution is -2.53. The van der Waals surface area contributed by atoms with E-state index in [9.17, 15) is 31.1 Å². The molecule has 2 unspecified atom stereocenters. The van der Waals surface area contributed by atoms with Gasteiger partial charge in [0.05, 0.1) is 11.1 Å². The molecule has 258 valence electrons. The van der Waals surface area contributed by atoms with Crippen molar-refractivity contribution in [1.82, 2.24) is 23.9 Å². The van der Waals surface area contributed by atoms with Crippen molar-refractivity contribution in [2.75, 3.05) is 19.6 Å². The van der Waals surface area contributed by atoms with Crippen LogP contribution in [0.3, 0.4) is 0 Å². The normalized spacial score (nSPS) is 20.6. The number of rotatable bonds is 4. The minimum Gasteiger partial charge on any atom is -0.354 e. The molecule has 0 bridgehead atoms. The molecule has 2 fully saturated rings. The number of piperidine rings is 2. The summed E-state index contributed by atoms with van der Waals surface area (Å²) in [5, 5.41) is 0. The second kappa shape index (κ2) is 12.9. The molecule has 0 spiro atoms. The molecule has 7 rings (SSSR count). The summed E-state index contributed by atoms with van der Waals surface area (Å²) in [5.74, 6) is 0.176. The van der Waals surface area contributed by atoms with Crippen LogP contribution in [0.25, 0.3) is 5.57 Å². The van der Waals surface area contributed by atoms with Gasteiger partial charge in [0.25, 0.3) is 5.91 Å². The lowest BCUT2D eigenvalue weighted by Gasteiger charge is -2.45. The van der Waals surface area contributed by atoms with Gasteiger partial charge in [-0.1, -0.05) is 35.9 Å². The maximum absolute atomic E-state index is 13.8. The summed E-state index contributed by atoms with van der Waals surface area (Å²) in [6, 6.07) is 12.5. The van der Waals surface area contributed by atoms with E-state index in [0.29, 0.717) is 31.4 Å². The summed E-state index contributed by atoms with van der Waals surface area (Å²) in [5.41, 5.74) is 2.45. The second-order valence-corrected chi connectivity index (χ2v) is 13.3. The number of carbonyl (C=O) groups excluding carboxylic acids is 1. The van der Waals surface area contributed by atoms with Gasteiger partial charge in [0.1, 0.15) is 5.82 Å². The molecule has 1 amide bonds. The van der Waals surface area contributed by atoms with Crippen molar-refractivity contribution >= 4 is 11.5 Å². The zero-order chi connectivity index (χ0) is 34.5. The van der Waals surface area contributed by atoms with Crippen LogP contribution in [0.15, 0.2) is 78.8 Å². The summed E-state index contributed by atoms with van der Waals surface area (Å²) in [6.07, 6.45) is 0.107. The van der Waals surface area contributed by atoms with Crippen LogP contribution in [-0.2, 0) is 38.8 Å². The Morgan fingerprint density at radius 2 is 1.55 bits per heavy atom. The number of imidazole rings is 1. The highest BCUT2D eigenvalue weighted by Gasteiger charge is 2.40. The van der Waals surface area contributed by atoms with Gasteiger partial charge in [-0.2, -0.15) is 26.3 Å². The Kier molecular flexibility index (Phi) is 8.71. The number of likely N-dealkylation sites (tertiary alicyclic amines) is 2. The summed E-state index contributed by atoms with van der Waals surface area (Å²) in [6.45, 7) is 2.71. The van der Waals surface area contributed by atoms with E-state index in [1.807, 2.05) is 42.7 Å². The van der Waals surface area contributed by atoms with E-state index in [0.717, 1.165) is 50.3 Å². The van der Waals surface area contributed by atoms with Crippen LogP contribution in [0.2, 0.25) is 0 Å². The van der Waals surface area contributed by atoms with Crippen molar-refractivity contribution in [3.05, 3.63) is 118 Å². The summed E-state index contributed by atoms with van der Waals surface area (Å²) in [4.78, 5) is 22.5. The molecule has 12 heteroatoms. The van der Waals surface area contributed by atoms with Gasteiger partial charge in [0.15, 0.2) is 0 Å². The van der Waals surface area contributed by atoms with E-state index in [2.05, 4.69) is 33.3 Å². The minimum absolute atomic E-state index is 0.0609. The van der Waals surface area contributed by atoms with E-state index in [1.165, 1.54) is 27.3 Å². The van der Waals surface area contributed by atoms with E-state index in [1.54, 1.807) is 0 Å². The number of benzene rings is 2. The van der Waals surface area contributed by atoms with E-state index in [-0.39, 0.29) is 18.7 Å². The monoisotopic (exact) mass is 681 g/mol. The average Bonchev–Trinajstić information content (AvgIpc) is 3.65. The van der Waals surface area contributed by atoms with Gasteiger partial charge in [-0.25, -0.2) is 4.98 Å². The Morgan fingerprint density at radius 1 is 0.857 bits per heavy atom. The van der Waals surface area contributed by atoms with Crippen LogP contribution >= 0.6 is 0 Å². The first-order valence-corrected chi connectivity index (χ1v) is 16.6. The Morgan fingerprint density at radius 3 is 2.22 bits per heavy atom.